The standard InChI is InChI=1S/C7H11N5O/c1-6(2)7-9-10-11-12(7)4-3-8-5-13/h6H,3-4H2,1-2H3. The highest BCUT2D eigenvalue weighted by Crippen LogP contribution is 2.08. The van der Waals surface area contributed by atoms with Gasteiger partial charge in [-0.1, -0.05) is 13.8 Å². The van der Waals surface area contributed by atoms with Crippen LogP contribution in [0.1, 0.15) is 25.6 Å². The van der Waals surface area contributed by atoms with Crippen molar-refractivity contribution in [1.82, 2.24) is 20.2 Å². The minimum atomic E-state index is 0.273. The Bertz CT molecular complexity index is 312. The van der Waals surface area contributed by atoms with Gasteiger partial charge in [0.05, 0.1) is 13.1 Å². The Hall–Kier alpha value is -1.55. The summed E-state index contributed by atoms with van der Waals surface area (Å²) in [7, 11) is 0. The topological polar surface area (TPSA) is 73.0 Å². The van der Waals surface area contributed by atoms with Gasteiger partial charge in [0, 0.05) is 5.92 Å². The Morgan fingerprint density at radius 3 is 3.00 bits per heavy atom. The zero-order valence-corrected chi connectivity index (χ0v) is 7.64. The van der Waals surface area contributed by atoms with Crippen LogP contribution in [0.25, 0.3) is 0 Å². The Labute approximate surface area is 75.7 Å². The maximum Gasteiger partial charge on any atom is 0.235 e. The van der Waals surface area contributed by atoms with Crippen molar-refractivity contribution in [3.63, 3.8) is 0 Å². The molecular formula is C7H11N5O. The summed E-state index contributed by atoms with van der Waals surface area (Å²) >= 11 is 0. The molecule has 13 heavy (non-hydrogen) atoms. The Morgan fingerprint density at radius 2 is 2.38 bits per heavy atom. The molecule has 0 bridgehead atoms. The molecule has 0 radical (unpaired) electrons. The van der Waals surface area contributed by atoms with Crippen molar-refractivity contribution in [2.45, 2.75) is 26.3 Å². The smallest absolute Gasteiger partial charge is 0.227 e. The molecule has 1 aromatic heterocycles. The zero-order chi connectivity index (χ0) is 9.68. The van der Waals surface area contributed by atoms with E-state index in [1.165, 1.54) is 6.08 Å². The second-order valence-electron chi connectivity index (χ2n) is 2.89. The van der Waals surface area contributed by atoms with Crippen LogP contribution < -0.4 is 0 Å². The van der Waals surface area contributed by atoms with Gasteiger partial charge in [-0.25, -0.2) is 14.5 Å². The molecule has 0 atom stereocenters. The van der Waals surface area contributed by atoms with Gasteiger partial charge >= 0.3 is 0 Å². The van der Waals surface area contributed by atoms with Crippen LogP contribution in [0.15, 0.2) is 4.99 Å². The van der Waals surface area contributed by atoms with E-state index in [0.29, 0.717) is 13.1 Å². The van der Waals surface area contributed by atoms with Crippen LogP contribution in [0.3, 0.4) is 0 Å². The van der Waals surface area contributed by atoms with Crippen LogP contribution in [0.2, 0.25) is 0 Å². The quantitative estimate of drug-likeness (QED) is 0.489. The van der Waals surface area contributed by atoms with Crippen LogP contribution in [0.5, 0.6) is 0 Å². The van der Waals surface area contributed by atoms with E-state index in [2.05, 4.69) is 20.5 Å². The van der Waals surface area contributed by atoms with Crippen molar-refractivity contribution in [2.24, 2.45) is 4.99 Å². The van der Waals surface area contributed by atoms with Gasteiger partial charge in [-0.15, -0.1) is 5.10 Å². The molecule has 0 spiro atoms. The Balaban J connectivity index is 2.65. The third-order valence-electron chi connectivity index (χ3n) is 1.56. The molecule has 0 aromatic carbocycles. The molecule has 1 rings (SSSR count). The van der Waals surface area contributed by atoms with Crippen molar-refractivity contribution in [1.29, 1.82) is 0 Å². The summed E-state index contributed by atoms with van der Waals surface area (Å²) in [6.07, 6.45) is 1.47. The lowest BCUT2D eigenvalue weighted by atomic mass is 10.2. The van der Waals surface area contributed by atoms with Crippen LogP contribution in [-0.4, -0.2) is 32.8 Å². The molecule has 0 fully saturated rings. The Morgan fingerprint density at radius 1 is 1.62 bits per heavy atom. The van der Waals surface area contributed by atoms with E-state index >= 15 is 0 Å². The van der Waals surface area contributed by atoms with Gasteiger partial charge in [0.25, 0.3) is 0 Å². The lowest BCUT2D eigenvalue weighted by Gasteiger charge is -2.03. The van der Waals surface area contributed by atoms with Crippen molar-refractivity contribution >= 4 is 6.08 Å². The number of hydrogen-bond donors (Lipinski definition) is 0. The fraction of sp³-hybridized carbons (Fsp3) is 0.714. The number of nitrogens with zero attached hydrogens (tertiary/aromatic N) is 5. The fourth-order valence-corrected chi connectivity index (χ4v) is 0.975. The molecule has 6 heteroatoms. The Kier molecular flexibility index (Phi) is 3.28. The second kappa shape index (κ2) is 4.47. The molecular weight excluding hydrogens is 170 g/mol. The molecule has 70 valence electrons. The molecule has 1 heterocycles. The number of aromatic nitrogens is 4. The third-order valence-corrected chi connectivity index (χ3v) is 1.56. The van der Waals surface area contributed by atoms with E-state index in [1.54, 1.807) is 4.68 Å². The van der Waals surface area contributed by atoms with Gasteiger partial charge in [0.15, 0.2) is 5.82 Å². The van der Waals surface area contributed by atoms with E-state index in [1.807, 2.05) is 13.8 Å². The summed E-state index contributed by atoms with van der Waals surface area (Å²) in [6.45, 7) is 4.90. The van der Waals surface area contributed by atoms with Crippen molar-refractivity contribution in [3.8, 4) is 0 Å². The highest BCUT2D eigenvalue weighted by molar-refractivity contribution is 5.32. The predicted molar refractivity (Wildman–Crippen MR) is 44.9 cm³/mol. The average molecular weight is 181 g/mol. The third kappa shape index (κ3) is 2.45. The van der Waals surface area contributed by atoms with Gasteiger partial charge in [0.1, 0.15) is 0 Å². The molecule has 0 aliphatic rings. The molecule has 0 aliphatic carbocycles. The molecule has 0 amide bonds. The number of isocyanates is 1. The summed E-state index contributed by atoms with van der Waals surface area (Å²) in [6, 6.07) is 0. The van der Waals surface area contributed by atoms with Crippen molar-refractivity contribution in [3.05, 3.63) is 5.82 Å². The van der Waals surface area contributed by atoms with E-state index in [-0.39, 0.29) is 5.92 Å². The second-order valence-corrected chi connectivity index (χ2v) is 2.89. The number of aliphatic imine (C=N–C) groups is 1. The molecule has 6 nitrogen and oxygen atoms in total. The van der Waals surface area contributed by atoms with Crippen LogP contribution in [0.4, 0.5) is 0 Å². The monoisotopic (exact) mass is 181 g/mol. The lowest BCUT2D eigenvalue weighted by Crippen LogP contribution is -2.09. The molecule has 1 aromatic rings. The number of tetrazole rings is 1. The molecule has 0 saturated carbocycles. The lowest BCUT2D eigenvalue weighted by molar-refractivity contribution is 0.544. The van der Waals surface area contributed by atoms with Gasteiger partial charge in [-0.3, -0.25) is 0 Å². The summed E-state index contributed by atoms with van der Waals surface area (Å²) in [5.74, 6) is 1.08. The highest BCUT2D eigenvalue weighted by Gasteiger charge is 2.08. The SMILES string of the molecule is CC(C)c1nnnn1CCN=C=O. The number of carbonyl (C=O) groups excluding carboxylic acids is 1. The van der Waals surface area contributed by atoms with E-state index in [4.69, 9.17) is 0 Å². The first-order chi connectivity index (χ1) is 6.25. The maximum absolute atomic E-state index is 9.80. The van der Waals surface area contributed by atoms with Gasteiger partial charge in [-0.05, 0) is 10.4 Å². The molecule has 0 aliphatic heterocycles. The zero-order valence-electron chi connectivity index (χ0n) is 7.64. The van der Waals surface area contributed by atoms with Gasteiger partial charge < -0.3 is 0 Å². The number of hydrogen-bond acceptors (Lipinski definition) is 5. The van der Waals surface area contributed by atoms with Gasteiger partial charge in [0.2, 0.25) is 6.08 Å². The van der Waals surface area contributed by atoms with Crippen LogP contribution >= 0.6 is 0 Å². The van der Waals surface area contributed by atoms with Crippen molar-refractivity contribution < 1.29 is 4.79 Å². The average Bonchev–Trinajstić information content (AvgIpc) is 2.53. The van der Waals surface area contributed by atoms with Crippen LogP contribution in [-0.2, 0) is 11.3 Å². The first-order valence-electron chi connectivity index (χ1n) is 4.05. The predicted octanol–water partition coefficient (Wildman–Crippen LogP) is 0.132. The first-order valence-corrected chi connectivity index (χ1v) is 4.05. The fourth-order valence-electron chi connectivity index (χ4n) is 0.975. The van der Waals surface area contributed by atoms with Crippen LogP contribution in [0, 0.1) is 0 Å². The molecule has 0 unspecified atom stereocenters. The van der Waals surface area contributed by atoms with E-state index in [0.717, 1.165) is 5.82 Å². The first kappa shape index (κ1) is 9.54. The number of rotatable bonds is 4. The normalized spacial score (nSPS) is 10.1. The summed E-state index contributed by atoms with van der Waals surface area (Å²) in [5.41, 5.74) is 0. The van der Waals surface area contributed by atoms with E-state index < -0.39 is 0 Å². The highest BCUT2D eigenvalue weighted by atomic mass is 16.1. The van der Waals surface area contributed by atoms with E-state index in [9.17, 15) is 4.79 Å². The molecule has 0 saturated heterocycles. The minimum Gasteiger partial charge on any atom is -0.227 e. The van der Waals surface area contributed by atoms with Crippen molar-refractivity contribution in [2.75, 3.05) is 6.54 Å². The van der Waals surface area contributed by atoms with Gasteiger partial charge in [-0.2, -0.15) is 0 Å². The summed E-state index contributed by atoms with van der Waals surface area (Å²) in [4.78, 5) is 13.2. The largest absolute Gasteiger partial charge is 0.235 e. The minimum absolute atomic E-state index is 0.273. The summed E-state index contributed by atoms with van der Waals surface area (Å²) in [5, 5.41) is 11.2. The summed E-state index contributed by atoms with van der Waals surface area (Å²) < 4.78 is 1.64. The molecule has 0 N–H and O–H groups in total. The maximum atomic E-state index is 9.80.